The number of nitrogens with zero attached hydrogens (tertiary/aromatic N) is 5. The summed E-state index contributed by atoms with van der Waals surface area (Å²) in [4.78, 5) is 25.1. The van der Waals surface area contributed by atoms with Gasteiger partial charge in [0, 0.05) is 99.8 Å². The van der Waals surface area contributed by atoms with E-state index in [2.05, 4.69) is 431 Å². The van der Waals surface area contributed by atoms with Crippen molar-refractivity contribution in [3.8, 4) is 89.7 Å². The van der Waals surface area contributed by atoms with Gasteiger partial charge < -0.3 is 0 Å². The summed E-state index contributed by atoms with van der Waals surface area (Å²) < 4.78 is 0. The van der Waals surface area contributed by atoms with Crippen LogP contribution in [0.5, 0.6) is 0 Å². The van der Waals surface area contributed by atoms with Gasteiger partial charge in [0.25, 0.3) is 0 Å². The van der Waals surface area contributed by atoms with Crippen molar-refractivity contribution in [3.63, 3.8) is 0 Å². The largest absolute Gasteiger partial charge is 0.256 e. The Morgan fingerprint density at radius 3 is 0.754 bits per heavy atom. The van der Waals surface area contributed by atoms with Gasteiger partial charge in [0.15, 0.2) is 0 Å². The lowest BCUT2D eigenvalue weighted by molar-refractivity contribution is 1.33. The third-order valence-electron chi connectivity index (χ3n) is 24.6. The average Bonchev–Trinajstić information content (AvgIpc) is 0.748. The second kappa shape index (κ2) is 30.1. The standard InChI is InChI=1S/C42H26N2.C38H24N2.C37H23N/c1-3-9-34-28(7-1)15-18-31-25-32(20-22-35(31)34)39-24-21-33(26-43-39)27-13-16-30(17-14-27)42-38-23-19-29-8-2-4-10-36(29)41(38)37-11-5-6-12-40(37)44-42;1-2-9-29-23-30(18-15-25(29)7-1)35-22-20-31(24-39-35)26-13-16-28(17-14-26)38-34-21-19-27-8-3-4-10-32(27)37(34)33-11-5-6-12-36(33)40-38;1-3-9-30-25(7-1)15-18-29-23-28(20-21-31(29)30)24-13-16-27(17-14-24)37-34-22-19-26-8-2-4-10-32(26)36(34)33-11-5-6-12-35(33)38-37/h1-26H;1-24H;1-23H. The van der Waals surface area contributed by atoms with Gasteiger partial charge in [-0.05, 0) is 157 Å². The highest BCUT2D eigenvalue weighted by atomic mass is 14.7. The van der Waals surface area contributed by atoms with Crippen molar-refractivity contribution in [2.45, 2.75) is 0 Å². The first-order valence-corrected chi connectivity index (χ1v) is 41.6. The normalized spacial score (nSPS) is 11.6. The van der Waals surface area contributed by atoms with E-state index in [1.165, 1.54) is 146 Å². The highest BCUT2D eigenvalue weighted by Crippen LogP contribution is 2.43. The number of aromatic nitrogens is 5. The lowest BCUT2D eigenvalue weighted by Gasteiger charge is -2.13. The highest BCUT2D eigenvalue weighted by Gasteiger charge is 2.19. The van der Waals surface area contributed by atoms with Crippen LogP contribution in [0, 0.1) is 0 Å². The lowest BCUT2D eigenvalue weighted by atomic mass is 9.94. The molecule has 0 bridgehead atoms. The first-order valence-electron chi connectivity index (χ1n) is 41.6. The van der Waals surface area contributed by atoms with Crippen LogP contribution in [0.3, 0.4) is 0 Å². The zero-order valence-electron chi connectivity index (χ0n) is 66.4. The maximum Gasteiger partial charge on any atom is 0.0788 e. The van der Waals surface area contributed by atoms with Gasteiger partial charge >= 0.3 is 0 Å². The van der Waals surface area contributed by atoms with Crippen LogP contribution in [0.2, 0.25) is 0 Å². The van der Waals surface area contributed by atoms with Crippen molar-refractivity contribution in [2.75, 3.05) is 0 Å². The van der Waals surface area contributed by atoms with E-state index in [-0.39, 0.29) is 0 Å². The smallest absolute Gasteiger partial charge is 0.0788 e. The Morgan fingerprint density at radius 2 is 0.369 bits per heavy atom. The Hall–Kier alpha value is -16.2. The van der Waals surface area contributed by atoms with Crippen LogP contribution in [0.15, 0.2) is 443 Å². The van der Waals surface area contributed by atoms with Crippen molar-refractivity contribution >= 4 is 151 Å². The van der Waals surface area contributed by atoms with E-state index in [1.807, 2.05) is 12.4 Å². The summed E-state index contributed by atoms with van der Waals surface area (Å²) >= 11 is 0. The minimum atomic E-state index is 0.972. The molecule has 0 atom stereocenters. The summed E-state index contributed by atoms with van der Waals surface area (Å²) in [6.45, 7) is 0. The van der Waals surface area contributed by atoms with E-state index in [9.17, 15) is 0 Å². The van der Waals surface area contributed by atoms with E-state index >= 15 is 0 Å². The molecule has 25 rings (SSSR count). The Bertz CT molecular complexity index is 8430. The van der Waals surface area contributed by atoms with Crippen LogP contribution in [0.4, 0.5) is 0 Å². The molecule has 5 heterocycles. The Labute approximate surface area is 704 Å². The maximum absolute atomic E-state index is 5.15. The molecule has 0 fully saturated rings. The summed E-state index contributed by atoms with van der Waals surface area (Å²) in [5.41, 5.74) is 20.5. The molecule has 5 nitrogen and oxygen atoms in total. The Balaban J connectivity index is 0.000000107. The Morgan fingerprint density at radius 1 is 0.131 bits per heavy atom. The van der Waals surface area contributed by atoms with E-state index in [0.29, 0.717) is 0 Å². The second-order valence-electron chi connectivity index (χ2n) is 31.7. The molecule has 5 aromatic heterocycles. The van der Waals surface area contributed by atoms with Gasteiger partial charge in [0.05, 0.1) is 45.0 Å². The molecule has 0 saturated carbocycles. The Kier molecular flexibility index (Phi) is 17.5. The molecular formula is C117H73N5. The van der Waals surface area contributed by atoms with Gasteiger partial charge in [-0.15, -0.1) is 0 Å². The molecule has 0 N–H and O–H groups in total. The molecule has 5 heteroatoms. The fraction of sp³-hybridized carbons (Fsp3) is 0. The fourth-order valence-electron chi connectivity index (χ4n) is 18.5. The second-order valence-corrected chi connectivity index (χ2v) is 31.7. The minimum Gasteiger partial charge on any atom is -0.256 e. The first-order chi connectivity index (χ1) is 60.4. The quantitative estimate of drug-likeness (QED) is 0.142. The summed E-state index contributed by atoms with van der Waals surface area (Å²) in [5, 5.41) is 31.1. The van der Waals surface area contributed by atoms with Crippen LogP contribution in [-0.4, -0.2) is 24.9 Å². The number of hydrogen-bond acceptors (Lipinski definition) is 5. The van der Waals surface area contributed by atoms with Gasteiger partial charge in [-0.1, -0.05) is 382 Å². The van der Waals surface area contributed by atoms with Crippen molar-refractivity contribution in [1.82, 2.24) is 24.9 Å². The van der Waals surface area contributed by atoms with Gasteiger partial charge in [0.2, 0.25) is 0 Å². The molecule has 0 spiro atoms. The molecule has 20 aromatic carbocycles. The van der Waals surface area contributed by atoms with Crippen LogP contribution < -0.4 is 0 Å². The molecule has 0 saturated heterocycles. The van der Waals surface area contributed by atoms with E-state index in [0.717, 1.165) is 95.1 Å². The third-order valence-corrected chi connectivity index (χ3v) is 24.6. The number of pyridine rings is 5. The molecule has 0 aliphatic carbocycles. The monoisotopic (exact) mass is 1550 g/mol. The summed E-state index contributed by atoms with van der Waals surface area (Å²) in [5.74, 6) is 0. The zero-order chi connectivity index (χ0) is 80.6. The lowest BCUT2D eigenvalue weighted by Crippen LogP contribution is -1.91. The third kappa shape index (κ3) is 12.8. The number of fused-ring (bicyclic) bond motifs is 22. The van der Waals surface area contributed by atoms with Gasteiger partial charge in [-0.3, -0.25) is 9.97 Å². The van der Waals surface area contributed by atoms with Crippen molar-refractivity contribution < 1.29 is 0 Å². The molecule has 0 radical (unpaired) electrons. The van der Waals surface area contributed by atoms with Crippen molar-refractivity contribution in [1.29, 1.82) is 0 Å². The zero-order valence-corrected chi connectivity index (χ0v) is 66.4. The highest BCUT2D eigenvalue weighted by molar-refractivity contribution is 6.25. The molecule has 0 unspecified atom stereocenters. The summed E-state index contributed by atoms with van der Waals surface area (Å²) in [7, 11) is 0. The molecule has 122 heavy (non-hydrogen) atoms. The van der Waals surface area contributed by atoms with E-state index in [4.69, 9.17) is 24.9 Å². The fourth-order valence-corrected chi connectivity index (χ4v) is 18.5. The minimum absolute atomic E-state index is 0.972. The number of benzene rings is 20. The molecule has 0 aliphatic rings. The summed E-state index contributed by atoms with van der Waals surface area (Å²) in [6.07, 6.45) is 3.94. The molecule has 0 amide bonds. The average molecular weight is 1550 g/mol. The van der Waals surface area contributed by atoms with Crippen LogP contribution >= 0.6 is 0 Å². The molecule has 0 aliphatic heterocycles. The van der Waals surface area contributed by atoms with Crippen molar-refractivity contribution in [3.05, 3.63) is 443 Å². The topological polar surface area (TPSA) is 64.5 Å². The maximum atomic E-state index is 5.15. The number of hydrogen-bond donors (Lipinski definition) is 0. The first kappa shape index (κ1) is 71.1. The molecule has 25 aromatic rings. The van der Waals surface area contributed by atoms with Crippen LogP contribution in [-0.2, 0) is 0 Å². The van der Waals surface area contributed by atoms with E-state index < -0.39 is 0 Å². The van der Waals surface area contributed by atoms with E-state index in [1.54, 1.807) is 0 Å². The van der Waals surface area contributed by atoms with Gasteiger partial charge in [-0.2, -0.15) is 0 Å². The number of para-hydroxylation sites is 3. The predicted molar refractivity (Wildman–Crippen MR) is 517 cm³/mol. The summed E-state index contributed by atoms with van der Waals surface area (Å²) in [6, 6.07) is 154. The number of rotatable bonds is 8. The molecule has 566 valence electrons. The van der Waals surface area contributed by atoms with Gasteiger partial charge in [0.1, 0.15) is 0 Å². The molecular weight excluding hydrogens is 1480 g/mol. The predicted octanol–water partition coefficient (Wildman–Crippen LogP) is 31.5. The van der Waals surface area contributed by atoms with Crippen molar-refractivity contribution in [2.24, 2.45) is 0 Å². The van der Waals surface area contributed by atoms with Crippen LogP contribution in [0.25, 0.3) is 241 Å². The van der Waals surface area contributed by atoms with Gasteiger partial charge in [-0.25, -0.2) is 15.0 Å². The SMILES string of the molecule is c1ccc2c(c1)ccc1cc(-c3ccc(-c4ccc(-c5nc6ccccc6c6c5ccc5ccccc56)cc4)cn3)ccc12.c1ccc2c(c1)ccc1cc(-c3ccc(-c4nc5ccccc5c5c4ccc4ccccc45)cc3)ccc12.c1ccc2cc(-c3ccc(-c4ccc(-c5nc6ccccc6c6c5ccc5ccccc56)cc4)cn3)ccc2c1. The van der Waals surface area contributed by atoms with Crippen LogP contribution in [0.1, 0.15) is 0 Å².